The van der Waals surface area contributed by atoms with Gasteiger partial charge < -0.3 is 9.80 Å². The summed E-state index contributed by atoms with van der Waals surface area (Å²) in [4.78, 5) is 5.31. The van der Waals surface area contributed by atoms with Gasteiger partial charge in [-0.05, 0) is 25.7 Å². The van der Waals surface area contributed by atoms with E-state index in [1.54, 1.807) is 0 Å². The lowest BCUT2D eigenvalue weighted by Crippen LogP contribution is -2.39. The Kier molecular flexibility index (Phi) is 27.9. The maximum Gasteiger partial charge on any atom is 0.101 e. The fourth-order valence-corrected chi connectivity index (χ4v) is 6.61. The molecule has 0 amide bonds. The molecule has 0 saturated heterocycles. The van der Waals surface area contributed by atoms with Crippen molar-refractivity contribution >= 4 is 0 Å². The summed E-state index contributed by atoms with van der Waals surface area (Å²) in [7, 11) is 0. The second kappa shape index (κ2) is 29.8. The highest BCUT2D eigenvalue weighted by atomic mass is 15.4. The standard InChI is InChI=1S/C38H76N2/c1-4-7-9-11-13-15-17-19-21-23-25-27-29-31-33-38-39(34-6-3)36-37-40(38)35-32-30-28-26-24-22-20-18-16-14-12-10-8-5-2/h36-38H,4-35H2,1-3H3. The third kappa shape index (κ3) is 22.0. The van der Waals surface area contributed by atoms with E-state index in [9.17, 15) is 0 Å². The van der Waals surface area contributed by atoms with Crippen molar-refractivity contribution in [2.45, 2.75) is 220 Å². The maximum atomic E-state index is 2.68. The van der Waals surface area contributed by atoms with Crippen molar-refractivity contribution in [3.05, 3.63) is 12.4 Å². The Balaban J connectivity index is 1.99. The Morgan fingerprint density at radius 1 is 0.325 bits per heavy atom. The molecule has 1 aliphatic heterocycles. The van der Waals surface area contributed by atoms with Crippen LogP contribution in [-0.4, -0.2) is 29.1 Å². The van der Waals surface area contributed by atoms with Gasteiger partial charge in [-0.25, -0.2) is 0 Å². The van der Waals surface area contributed by atoms with E-state index >= 15 is 0 Å². The van der Waals surface area contributed by atoms with Crippen LogP contribution in [0.2, 0.25) is 0 Å². The van der Waals surface area contributed by atoms with E-state index in [1.807, 2.05) is 0 Å². The van der Waals surface area contributed by atoms with Crippen LogP contribution in [0, 0.1) is 0 Å². The summed E-state index contributed by atoms with van der Waals surface area (Å²) in [6.45, 7) is 9.42. The molecule has 0 fully saturated rings. The molecule has 0 radical (unpaired) electrons. The lowest BCUT2D eigenvalue weighted by molar-refractivity contribution is 0.137. The van der Waals surface area contributed by atoms with Gasteiger partial charge in [-0.2, -0.15) is 0 Å². The normalized spacial score (nSPS) is 15.1. The molecule has 0 aromatic carbocycles. The van der Waals surface area contributed by atoms with E-state index in [2.05, 4.69) is 43.0 Å². The van der Waals surface area contributed by atoms with Gasteiger partial charge in [0.1, 0.15) is 6.17 Å². The monoisotopic (exact) mass is 561 g/mol. The van der Waals surface area contributed by atoms with E-state index < -0.39 is 0 Å². The van der Waals surface area contributed by atoms with Gasteiger partial charge in [-0.1, -0.05) is 188 Å². The van der Waals surface area contributed by atoms with Crippen molar-refractivity contribution in [3.63, 3.8) is 0 Å². The number of hydrogen-bond acceptors (Lipinski definition) is 2. The van der Waals surface area contributed by atoms with E-state index in [4.69, 9.17) is 0 Å². The molecule has 0 aromatic rings. The van der Waals surface area contributed by atoms with Crippen LogP contribution in [-0.2, 0) is 0 Å². The SMILES string of the molecule is CCCCCCCCCCCCCCCCC1N(CCC)C=CN1CCCCCCCCCCCCCCCC. The Morgan fingerprint density at radius 2 is 0.625 bits per heavy atom. The minimum absolute atomic E-state index is 0.638. The van der Waals surface area contributed by atoms with Gasteiger partial charge in [0.2, 0.25) is 0 Å². The van der Waals surface area contributed by atoms with Gasteiger partial charge in [0, 0.05) is 25.5 Å². The molecule has 0 bridgehead atoms. The van der Waals surface area contributed by atoms with Crippen molar-refractivity contribution in [3.8, 4) is 0 Å². The molecule has 1 unspecified atom stereocenters. The summed E-state index contributed by atoms with van der Waals surface area (Å²) in [5, 5.41) is 0. The molecule has 1 rings (SSSR count). The van der Waals surface area contributed by atoms with Gasteiger partial charge in [0.05, 0.1) is 0 Å². The number of rotatable bonds is 32. The lowest BCUT2D eigenvalue weighted by atomic mass is 10.0. The first-order chi connectivity index (χ1) is 19.8. The zero-order valence-corrected chi connectivity index (χ0v) is 28.3. The Labute approximate surface area is 254 Å². The smallest absolute Gasteiger partial charge is 0.101 e. The summed E-state index contributed by atoms with van der Waals surface area (Å²) < 4.78 is 0. The van der Waals surface area contributed by atoms with Gasteiger partial charge in [0.25, 0.3) is 0 Å². The lowest BCUT2D eigenvalue weighted by Gasteiger charge is -2.33. The zero-order chi connectivity index (χ0) is 28.8. The average Bonchev–Trinajstić information content (AvgIpc) is 3.34. The van der Waals surface area contributed by atoms with Gasteiger partial charge >= 0.3 is 0 Å². The van der Waals surface area contributed by atoms with Crippen LogP contribution in [0.4, 0.5) is 0 Å². The summed E-state index contributed by atoms with van der Waals surface area (Å²) in [5.74, 6) is 0. The van der Waals surface area contributed by atoms with Gasteiger partial charge in [-0.15, -0.1) is 0 Å². The van der Waals surface area contributed by atoms with Crippen LogP contribution < -0.4 is 0 Å². The molecular formula is C38H76N2. The summed E-state index contributed by atoms with van der Waals surface area (Å²) in [5.41, 5.74) is 0. The van der Waals surface area contributed by atoms with Crippen LogP contribution in [0.3, 0.4) is 0 Å². The Bertz CT molecular complexity index is 516. The molecule has 238 valence electrons. The molecule has 1 atom stereocenters. The fraction of sp³-hybridized carbons (Fsp3) is 0.947. The second-order valence-electron chi connectivity index (χ2n) is 13.2. The highest BCUT2D eigenvalue weighted by Gasteiger charge is 2.24. The van der Waals surface area contributed by atoms with Crippen LogP contribution in [0.5, 0.6) is 0 Å². The quantitative estimate of drug-likeness (QED) is 0.0755. The number of unbranched alkanes of at least 4 members (excludes halogenated alkanes) is 26. The Hall–Kier alpha value is -0.660. The molecule has 0 saturated carbocycles. The summed E-state index contributed by atoms with van der Waals surface area (Å²) >= 11 is 0. The first kappa shape index (κ1) is 37.4. The van der Waals surface area contributed by atoms with Crippen LogP contribution in [0.15, 0.2) is 12.4 Å². The number of nitrogens with zero attached hydrogens (tertiary/aromatic N) is 2. The summed E-state index contributed by atoms with van der Waals surface area (Å²) in [6.07, 6.45) is 48.6. The van der Waals surface area contributed by atoms with Gasteiger partial charge in [0.15, 0.2) is 0 Å². The molecule has 1 heterocycles. The van der Waals surface area contributed by atoms with Crippen molar-refractivity contribution in [2.24, 2.45) is 0 Å². The van der Waals surface area contributed by atoms with Crippen LogP contribution >= 0.6 is 0 Å². The van der Waals surface area contributed by atoms with E-state index in [1.165, 1.54) is 206 Å². The van der Waals surface area contributed by atoms with Crippen molar-refractivity contribution in [1.82, 2.24) is 9.80 Å². The van der Waals surface area contributed by atoms with Crippen molar-refractivity contribution < 1.29 is 0 Å². The molecule has 0 aliphatic carbocycles. The second-order valence-corrected chi connectivity index (χ2v) is 13.2. The Morgan fingerprint density at radius 3 is 0.975 bits per heavy atom. The fourth-order valence-electron chi connectivity index (χ4n) is 6.61. The van der Waals surface area contributed by atoms with Crippen LogP contribution in [0.25, 0.3) is 0 Å². The minimum Gasteiger partial charge on any atom is -0.356 e. The predicted molar refractivity (Wildman–Crippen MR) is 182 cm³/mol. The third-order valence-electron chi connectivity index (χ3n) is 9.28. The van der Waals surface area contributed by atoms with E-state index in [0.717, 1.165) is 0 Å². The molecule has 0 aromatic heterocycles. The van der Waals surface area contributed by atoms with E-state index in [-0.39, 0.29) is 0 Å². The third-order valence-corrected chi connectivity index (χ3v) is 9.28. The molecular weight excluding hydrogens is 484 g/mol. The molecule has 0 N–H and O–H groups in total. The topological polar surface area (TPSA) is 6.48 Å². The average molecular weight is 561 g/mol. The molecule has 2 heteroatoms. The number of hydrogen-bond donors (Lipinski definition) is 0. The first-order valence-electron chi connectivity index (χ1n) is 19.0. The largest absolute Gasteiger partial charge is 0.356 e. The molecule has 1 aliphatic rings. The van der Waals surface area contributed by atoms with Crippen molar-refractivity contribution in [2.75, 3.05) is 13.1 Å². The molecule has 40 heavy (non-hydrogen) atoms. The highest BCUT2D eigenvalue weighted by Crippen LogP contribution is 2.23. The molecule has 2 nitrogen and oxygen atoms in total. The highest BCUT2D eigenvalue weighted by molar-refractivity contribution is 4.96. The first-order valence-corrected chi connectivity index (χ1v) is 19.0. The van der Waals surface area contributed by atoms with Gasteiger partial charge in [-0.3, -0.25) is 0 Å². The molecule has 0 spiro atoms. The maximum absolute atomic E-state index is 2.68. The zero-order valence-electron chi connectivity index (χ0n) is 28.3. The van der Waals surface area contributed by atoms with E-state index in [0.29, 0.717) is 6.17 Å². The van der Waals surface area contributed by atoms with Crippen LogP contribution in [0.1, 0.15) is 213 Å². The predicted octanol–water partition coefficient (Wildman–Crippen LogP) is 13.2. The summed E-state index contributed by atoms with van der Waals surface area (Å²) in [6, 6.07) is 0. The minimum atomic E-state index is 0.638. The van der Waals surface area contributed by atoms with Crippen molar-refractivity contribution in [1.29, 1.82) is 0 Å².